The van der Waals surface area contributed by atoms with Crippen molar-refractivity contribution in [2.75, 3.05) is 0 Å². The summed E-state index contributed by atoms with van der Waals surface area (Å²) in [7, 11) is -3.66. The molecule has 5 heteroatoms. The molecule has 0 aliphatic rings. The molecule has 0 saturated heterocycles. The van der Waals surface area contributed by atoms with E-state index >= 15 is 0 Å². The van der Waals surface area contributed by atoms with Gasteiger partial charge in [0.2, 0.25) is 0 Å². The van der Waals surface area contributed by atoms with E-state index in [0.29, 0.717) is 5.56 Å². The molecule has 1 heterocycles. The number of aryl methyl sites for hydroxylation is 2. The number of hydrogen-bond acceptors (Lipinski definition) is 3. The predicted molar refractivity (Wildman–Crippen MR) is 97.5 cm³/mol. The van der Waals surface area contributed by atoms with E-state index in [1.54, 1.807) is 20.8 Å². The van der Waals surface area contributed by atoms with Gasteiger partial charge in [0.15, 0.2) is 9.84 Å². The smallest absolute Gasteiger partial charge is 0.193 e. The maximum absolute atomic E-state index is 12.4. The van der Waals surface area contributed by atoms with Gasteiger partial charge in [0.05, 0.1) is 4.75 Å². The molecule has 0 fully saturated rings. The SMILES string of the molecule is Cc1ccc(C)n1-c1ccc(/C=C(\C#N)S(=O)(=O)C(C)(C)C)cc1. The third-order valence-corrected chi connectivity index (χ3v) is 6.33. The zero-order valence-corrected chi connectivity index (χ0v) is 15.5. The molecule has 0 saturated carbocycles. The second-order valence-corrected chi connectivity index (χ2v) is 9.45. The Kier molecular flexibility index (Phi) is 4.73. The van der Waals surface area contributed by atoms with Crippen molar-refractivity contribution in [2.45, 2.75) is 39.4 Å². The van der Waals surface area contributed by atoms with Crippen LogP contribution in [0.4, 0.5) is 0 Å². The second-order valence-electron chi connectivity index (χ2n) is 6.78. The molecule has 1 aromatic heterocycles. The van der Waals surface area contributed by atoms with Crippen molar-refractivity contribution < 1.29 is 8.42 Å². The van der Waals surface area contributed by atoms with Crippen LogP contribution in [0.3, 0.4) is 0 Å². The lowest BCUT2D eigenvalue weighted by molar-refractivity contribution is 0.568. The first-order chi connectivity index (χ1) is 11.1. The summed E-state index contributed by atoms with van der Waals surface area (Å²) in [6.45, 7) is 8.84. The van der Waals surface area contributed by atoms with Gasteiger partial charge in [0.25, 0.3) is 0 Å². The van der Waals surface area contributed by atoms with Crippen LogP contribution in [-0.2, 0) is 9.84 Å². The van der Waals surface area contributed by atoms with E-state index in [2.05, 4.69) is 4.57 Å². The van der Waals surface area contributed by atoms with Crippen LogP contribution in [0.5, 0.6) is 0 Å². The maximum atomic E-state index is 12.4. The molecule has 24 heavy (non-hydrogen) atoms. The molecule has 0 radical (unpaired) electrons. The molecular formula is C19H22N2O2S. The number of aromatic nitrogens is 1. The van der Waals surface area contributed by atoms with E-state index in [-0.39, 0.29) is 4.91 Å². The molecule has 0 N–H and O–H groups in total. The van der Waals surface area contributed by atoms with Crippen LogP contribution in [0.2, 0.25) is 0 Å². The molecule has 0 unspecified atom stereocenters. The van der Waals surface area contributed by atoms with E-state index in [1.165, 1.54) is 6.08 Å². The fraction of sp³-hybridized carbons (Fsp3) is 0.316. The van der Waals surface area contributed by atoms with E-state index in [9.17, 15) is 13.7 Å². The number of benzene rings is 1. The first-order valence-electron chi connectivity index (χ1n) is 7.70. The van der Waals surface area contributed by atoms with Gasteiger partial charge in [-0.3, -0.25) is 0 Å². The Labute approximate surface area is 144 Å². The largest absolute Gasteiger partial charge is 0.319 e. The molecule has 0 atom stereocenters. The van der Waals surface area contributed by atoms with Gasteiger partial charge in [-0.2, -0.15) is 5.26 Å². The molecule has 0 bridgehead atoms. The van der Waals surface area contributed by atoms with Crippen molar-refractivity contribution in [3.8, 4) is 11.8 Å². The zero-order chi connectivity index (χ0) is 18.1. The van der Waals surface area contributed by atoms with Gasteiger partial charge in [-0.25, -0.2) is 8.42 Å². The van der Waals surface area contributed by atoms with Crippen LogP contribution in [0.1, 0.15) is 37.7 Å². The highest BCUT2D eigenvalue weighted by Gasteiger charge is 2.33. The minimum absolute atomic E-state index is 0.212. The first-order valence-corrected chi connectivity index (χ1v) is 9.18. The third-order valence-electron chi connectivity index (χ3n) is 3.93. The zero-order valence-electron chi connectivity index (χ0n) is 14.7. The minimum Gasteiger partial charge on any atom is -0.319 e. The number of rotatable bonds is 3. The maximum Gasteiger partial charge on any atom is 0.193 e. The lowest BCUT2D eigenvalue weighted by Crippen LogP contribution is -2.28. The molecule has 0 aliphatic carbocycles. The van der Waals surface area contributed by atoms with Crippen LogP contribution >= 0.6 is 0 Å². The lowest BCUT2D eigenvalue weighted by Gasteiger charge is -2.18. The van der Waals surface area contributed by atoms with Crippen molar-refractivity contribution in [2.24, 2.45) is 0 Å². The summed E-state index contributed by atoms with van der Waals surface area (Å²) >= 11 is 0. The predicted octanol–water partition coefficient (Wildman–Crippen LogP) is 4.17. The summed E-state index contributed by atoms with van der Waals surface area (Å²) in [5.41, 5.74) is 3.95. The highest BCUT2D eigenvalue weighted by molar-refractivity contribution is 7.97. The van der Waals surface area contributed by atoms with Crippen molar-refractivity contribution >= 4 is 15.9 Å². The number of nitrogens with zero attached hydrogens (tertiary/aromatic N) is 2. The molecule has 0 amide bonds. The topological polar surface area (TPSA) is 62.9 Å². The number of sulfone groups is 1. The van der Waals surface area contributed by atoms with Gasteiger partial charge in [0.1, 0.15) is 11.0 Å². The molecule has 0 aliphatic heterocycles. The average Bonchev–Trinajstić information content (AvgIpc) is 2.83. The quantitative estimate of drug-likeness (QED) is 0.786. The Bertz CT molecular complexity index is 900. The van der Waals surface area contributed by atoms with Crippen LogP contribution in [0, 0.1) is 25.2 Å². The Morgan fingerprint density at radius 3 is 1.96 bits per heavy atom. The van der Waals surface area contributed by atoms with Crippen LogP contribution < -0.4 is 0 Å². The molecule has 2 aromatic rings. The number of nitriles is 1. The van der Waals surface area contributed by atoms with E-state index in [0.717, 1.165) is 17.1 Å². The molecule has 0 spiro atoms. The average molecular weight is 342 g/mol. The standard InChI is InChI=1S/C19H22N2O2S/c1-14-6-7-15(2)21(14)17-10-8-16(9-11-17)12-18(13-20)24(22,23)19(3,4)5/h6-12H,1-5H3/b18-12+. The van der Waals surface area contributed by atoms with Gasteiger partial charge in [-0.1, -0.05) is 12.1 Å². The van der Waals surface area contributed by atoms with E-state index in [4.69, 9.17) is 0 Å². The Hall–Kier alpha value is -2.32. The van der Waals surface area contributed by atoms with Gasteiger partial charge in [-0.05, 0) is 70.5 Å². The van der Waals surface area contributed by atoms with Crippen LogP contribution in [-0.4, -0.2) is 17.7 Å². The summed E-state index contributed by atoms with van der Waals surface area (Å²) in [6.07, 6.45) is 1.43. The summed E-state index contributed by atoms with van der Waals surface area (Å²) < 4.78 is 26.0. The molecular weight excluding hydrogens is 320 g/mol. The molecule has 4 nitrogen and oxygen atoms in total. The Balaban J connectivity index is 2.43. The van der Waals surface area contributed by atoms with Crippen molar-refractivity contribution in [3.63, 3.8) is 0 Å². The second kappa shape index (κ2) is 6.29. The van der Waals surface area contributed by atoms with Gasteiger partial charge in [0, 0.05) is 17.1 Å². The molecule has 2 rings (SSSR count). The first kappa shape index (κ1) is 18.0. The summed E-state index contributed by atoms with van der Waals surface area (Å²) in [6, 6.07) is 13.4. The third kappa shape index (κ3) is 3.29. The fourth-order valence-electron chi connectivity index (χ4n) is 2.45. The molecule has 1 aromatic carbocycles. The number of hydrogen-bond donors (Lipinski definition) is 0. The minimum atomic E-state index is -3.66. The summed E-state index contributed by atoms with van der Waals surface area (Å²) in [5, 5.41) is 9.26. The Morgan fingerprint density at radius 1 is 1.04 bits per heavy atom. The summed E-state index contributed by atoms with van der Waals surface area (Å²) in [4.78, 5) is -0.212. The summed E-state index contributed by atoms with van der Waals surface area (Å²) in [5.74, 6) is 0. The highest BCUT2D eigenvalue weighted by Crippen LogP contribution is 2.25. The van der Waals surface area contributed by atoms with Crippen LogP contribution in [0.25, 0.3) is 11.8 Å². The van der Waals surface area contributed by atoms with E-state index < -0.39 is 14.6 Å². The Morgan fingerprint density at radius 2 is 1.54 bits per heavy atom. The lowest BCUT2D eigenvalue weighted by atomic mass is 10.2. The number of allylic oxidation sites excluding steroid dienone is 1. The normalized spacial score (nSPS) is 12.9. The van der Waals surface area contributed by atoms with Crippen molar-refractivity contribution in [3.05, 3.63) is 58.3 Å². The van der Waals surface area contributed by atoms with E-state index in [1.807, 2.05) is 56.3 Å². The van der Waals surface area contributed by atoms with Gasteiger partial charge >= 0.3 is 0 Å². The van der Waals surface area contributed by atoms with Crippen molar-refractivity contribution in [1.82, 2.24) is 4.57 Å². The van der Waals surface area contributed by atoms with Crippen LogP contribution in [0.15, 0.2) is 41.3 Å². The fourth-order valence-corrected chi connectivity index (χ4v) is 3.52. The molecule has 126 valence electrons. The van der Waals surface area contributed by atoms with Crippen molar-refractivity contribution in [1.29, 1.82) is 5.26 Å². The van der Waals surface area contributed by atoms with Gasteiger partial charge < -0.3 is 4.57 Å². The monoisotopic (exact) mass is 342 g/mol. The highest BCUT2D eigenvalue weighted by atomic mass is 32.2. The van der Waals surface area contributed by atoms with Gasteiger partial charge in [-0.15, -0.1) is 0 Å².